The molecule has 6 nitrogen and oxygen atoms in total. The summed E-state index contributed by atoms with van der Waals surface area (Å²) in [5.74, 6) is -3.11. The molecule has 0 spiro atoms. The summed E-state index contributed by atoms with van der Waals surface area (Å²) < 4.78 is 13.7. The lowest BCUT2D eigenvalue weighted by Crippen LogP contribution is -2.53. The molecule has 126 valence electrons. The number of amides is 2. The number of nitrogens with one attached hydrogen (secondary N) is 2. The molecule has 0 saturated carbocycles. The van der Waals surface area contributed by atoms with E-state index in [4.69, 9.17) is 5.11 Å². The van der Waals surface area contributed by atoms with Gasteiger partial charge < -0.3 is 15.7 Å². The van der Waals surface area contributed by atoms with E-state index in [-0.39, 0.29) is 17.9 Å². The molecule has 0 unspecified atom stereocenters. The van der Waals surface area contributed by atoms with Crippen LogP contribution in [0.5, 0.6) is 0 Å². The molecule has 0 heterocycles. The van der Waals surface area contributed by atoms with Gasteiger partial charge in [-0.3, -0.25) is 9.59 Å². The number of hydrogen-bond acceptors (Lipinski definition) is 3. The van der Waals surface area contributed by atoms with Crippen molar-refractivity contribution in [1.29, 1.82) is 0 Å². The molecule has 0 bridgehead atoms. The van der Waals surface area contributed by atoms with E-state index in [1.165, 1.54) is 25.1 Å². The van der Waals surface area contributed by atoms with Gasteiger partial charge in [-0.1, -0.05) is 32.0 Å². The van der Waals surface area contributed by atoms with Crippen LogP contribution >= 0.6 is 0 Å². The minimum atomic E-state index is -1.17. The highest BCUT2D eigenvalue weighted by Gasteiger charge is 2.28. The molecule has 23 heavy (non-hydrogen) atoms. The summed E-state index contributed by atoms with van der Waals surface area (Å²) in [7, 11) is 0. The minimum Gasteiger partial charge on any atom is -0.480 e. The van der Waals surface area contributed by atoms with E-state index in [1.807, 2.05) is 0 Å². The monoisotopic (exact) mass is 324 g/mol. The molecule has 0 fully saturated rings. The first-order chi connectivity index (χ1) is 10.7. The molecular weight excluding hydrogens is 303 g/mol. The fourth-order valence-electron chi connectivity index (χ4n) is 2.11. The molecule has 0 saturated heterocycles. The van der Waals surface area contributed by atoms with Gasteiger partial charge in [0.25, 0.3) is 0 Å². The highest BCUT2D eigenvalue weighted by atomic mass is 19.1. The maximum Gasteiger partial charge on any atom is 0.326 e. The fourth-order valence-corrected chi connectivity index (χ4v) is 2.11. The van der Waals surface area contributed by atoms with Crippen molar-refractivity contribution in [2.45, 2.75) is 39.3 Å². The highest BCUT2D eigenvalue weighted by Crippen LogP contribution is 2.10. The summed E-state index contributed by atoms with van der Waals surface area (Å²) in [5, 5.41) is 13.9. The van der Waals surface area contributed by atoms with Gasteiger partial charge >= 0.3 is 5.97 Å². The van der Waals surface area contributed by atoms with E-state index in [1.54, 1.807) is 19.9 Å². The van der Waals surface area contributed by atoms with Crippen molar-refractivity contribution in [2.75, 3.05) is 0 Å². The van der Waals surface area contributed by atoms with Gasteiger partial charge in [-0.15, -0.1) is 0 Å². The van der Waals surface area contributed by atoms with Crippen LogP contribution in [0.25, 0.3) is 0 Å². The number of benzene rings is 1. The number of carboxylic acids is 1. The summed E-state index contributed by atoms with van der Waals surface area (Å²) in [6.45, 7) is 4.55. The van der Waals surface area contributed by atoms with Crippen LogP contribution in [0.1, 0.15) is 26.3 Å². The maximum atomic E-state index is 13.7. The van der Waals surface area contributed by atoms with Crippen LogP contribution in [0.4, 0.5) is 4.39 Å². The van der Waals surface area contributed by atoms with Gasteiger partial charge in [0.2, 0.25) is 11.8 Å². The normalized spacial score (nSPS) is 13.3. The molecule has 1 aromatic rings. The van der Waals surface area contributed by atoms with Crippen LogP contribution in [0, 0.1) is 11.7 Å². The molecular formula is C16H21FN2O4. The van der Waals surface area contributed by atoms with Gasteiger partial charge in [-0.25, -0.2) is 9.18 Å². The molecule has 1 aromatic carbocycles. The number of carboxylic acid groups (broad SMARTS) is 1. The van der Waals surface area contributed by atoms with Crippen molar-refractivity contribution in [3.05, 3.63) is 35.6 Å². The smallest absolute Gasteiger partial charge is 0.326 e. The second-order valence-corrected chi connectivity index (χ2v) is 5.62. The molecule has 0 radical (unpaired) electrons. The molecule has 7 heteroatoms. The molecule has 0 aliphatic heterocycles. The number of rotatable bonds is 7. The Kier molecular flexibility index (Phi) is 6.68. The Bertz CT molecular complexity index is 589. The first-order valence-electron chi connectivity index (χ1n) is 7.26. The molecule has 0 aliphatic carbocycles. The Morgan fingerprint density at radius 2 is 1.78 bits per heavy atom. The Balaban J connectivity index is 2.92. The van der Waals surface area contributed by atoms with Crippen molar-refractivity contribution < 1.29 is 23.9 Å². The van der Waals surface area contributed by atoms with E-state index in [0.29, 0.717) is 0 Å². The Morgan fingerprint density at radius 1 is 1.17 bits per heavy atom. The molecule has 2 atom stereocenters. The highest BCUT2D eigenvalue weighted by molar-refractivity contribution is 5.90. The SMILES string of the molecule is CC(=O)N[C@@H](Cc1ccccc1F)C(=O)N[C@@H](C(=O)O)C(C)C. The Hall–Kier alpha value is -2.44. The zero-order chi connectivity index (χ0) is 17.6. The van der Waals surface area contributed by atoms with E-state index < -0.39 is 35.7 Å². The second-order valence-electron chi connectivity index (χ2n) is 5.62. The van der Waals surface area contributed by atoms with E-state index >= 15 is 0 Å². The topological polar surface area (TPSA) is 95.5 Å². The second kappa shape index (κ2) is 8.26. The number of halogens is 1. The fraction of sp³-hybridized carbons (Fsp3) is 0.438. The Labute approximate surface area is 134 Å². The molecule has 0 aromatic heterocycles. The maximum absolute atomic E-state index is 13.7. The quantitative estimate of drug-likeness (QED) is 0.700. The first kappa shape index (κ1) is 18.6. The van der Waals surface area contributed by atoms with Crippen LogP contribution in [-0.4, -0.2) is 35.0 Å². The van der Waals surface area contributed by atoms with Gasteiger partial charge in [0, 0.05) is 13.3 Å². The van der Waals surface area contributed by atoms with Crippen molar-refractivity contribution in [3.8, 4) is 0 Å². The molecule has 3 N–H and O–H groups in total. The Morgan fingerprint density at radius 3 is 2.26 bits per heavy atom. The zero-order valence-corrected chi connectivity index (χ0v) is 13.3. The predicted octanol–water partition coefficient (Wildman–Crippen LogP) is 1.10. The lowest BCUT2D eigenvalue weighted by molar-refractivity contribution is -0.143. The van der Waals surface area contributed by atoms with Gasteiger partial charge in [0.05, 0.1) is 0 Å². The molecule has 2 amide bonds. The van der Waals surface area contributed by atoms with Gasteiger partial charge in [-0.05, 0) is 17.5 Å². The number of hydrogen-bond donors (Lipinski definition) is 3. The van der Waals surface area contributed by atoms with Crippen LogP contribution in [0.2, 0.25) is 0 Å². The third-order valence-electron chi connectivity index (χ3n) is 3.31. The first-order valence-corrected chi connectivity index (χ1v) is 7.26. The standard InChI is InChI=1S/C16H21FN2O4/c1-9(2)14(16(22)23)19-15(21)13(18-10(3)20)8-11-6-4-5-7-12(11)17/h4-7,9,13-14H,8H2,1-3H3,(H,18,20)(H,19,21)(H,22,23)/t13-,14+/m0/s1. The van der Waals surface area contributed by atoms with Gasteiger partial charge in [0.15, 0.2) is 0 Å². The van der Waals surface area contributed by atoms with Gasteiger partial charge in [-0.2, -0.15) is 0 Å². The third-order valence-corrected chi connectivity index (χ3v) is 3.31. The number of carbonyl (C=O) groups is 3. The average molecular weight is 324 g/mol. The summed E-state index contributed by atoms with van der Waals surface area (Å²) in [4.78, 5) is 34.8. The van der Waals surface area contributed by atoms with Crippen molar-refractivity contribution in [3.63, 3.8) is 0 Å². The van der Waals surface area contributed by atoms with Crippen LogP contribution in [0.3, 0.4) is 0 Å². The largest absolute Gasteiger partial charge is 0.480 e. The lowest BCUT2D eigenvalue weighted by atomic mass is 10.0. The zero-order valence-electron chi connectivity index (χ0n) is 13.3. The van der Waals surface area contributed by atoms with E-state index in [2.05, 4.69) is 10.6 Å². The molecule has 1 rings (SSSR count). The summed E-state index contributed by atoms with van der Waals surface area (Å²) in [6, 6.07) is 3.77. The van der Waals surface area contributed by atoms with Gasteiger partial charge in [0.1, 0.15) is 17.9 Å². The molecule has 0 aliphatic rings. The number of carbonyl (C=O) groups excluding carboxylic acids is 2. The van der Waals surface area contributed by atoms with E-state index in [9.17, 15) is 18.8 Å². The van der Waals surface area contributed by atoms with Crippen LogP contribution < -0.4 is 10.6 Å². The van der Waals surface area contributed by atoms with Crippen molar-refractivity contribution in [1.82, 2.24) is 10.6 Å². The van der Waals surface area contributed by atoms with E-state index in [0.717, 1.165) is 0 Å². The summed E-state index contributed by atoms with van der Waals surface area (Å²) in [5.41, 5.74) is 0.262. The van der Waals surface area contributed by atoms with Crippen LogP contribution in [0.15, 0.2) is 24.3 Å². The summed E-state index contributed by atoms with van der Waals surface area (Å²) >= 11 is 0. The summed E-state index contributed by atoms with van der Waals surface area (Å²) in [6.07, 6.45) is -0.0669. The minimum absolute atomic E-state index is 0.0669. The average Bonchev–Trinajstić information content (AvgIpc) is 2.44. The van der Waals surface area contributed by atoms with Crippen molar-refractivity contribution >= 4 is 17.8 Å². The number of aliphatic carboxylic acids is 1. The third kappa shape index (κ3) is 5.69. The predicted molar refractivity (Wildman–Crippen MR) is 82.1 cm³/mol. The van der Waals surface area contributed by atoms with Crippen LogP contribution in [-0.2, 0) is 20.8 Å². The lowest BCUT2D eigenvalue weighted by Gasteiger charge is -2.23. The van der Waals surface area contributed by atoms with Crippen molar-refractivity contribution in [2.24, 2.45) is 5.92 Å².